The quantitative estimate of drug-likeness (QED) is 0.682. The third-order valence-electron chi connectivity index (χ3n) is 2.90. The Kier molecular flexibility index (Phi) is 4.78. The van der Waals surface area contributed by atoms with E-state index >= 15 is 0 Å². The largest absolute Gasteiger partial charge is 0.338 e. The van der Waals surface area contributed by atoms with Crippen LogP contribution in [0.4, 0.5) is 0 Å². The molecule has 0 spiro atoms. The van der Waals surface area contributed by atoms with Crippen LogP contribution in [0.3, 0.4) is 0 Å². The molecule has 2 heterocycles. The first-order valence-corrected chi connectivity index (χ1v) is 5.46. The van der Waals surface area contributed by atoms with Crippen LogP contribution in [0.2, 0.25) is 0 Å². The summed E-state index contributed by atoms with van der Waals surface area (Å²) in [6.07, 6.45) is 3.71. The molecule has 1 unspecified atom stereocenters. The second kappa shape index (κ2) is 5.88. The van der Waals surface area contributed by atoms with Gasteiger partial charge in [-0.1, -0.05) is 0 Å². The smallest absolute Gasteiger partial charge is 0.105 e. The first kappa shape index (κ1) is 12.2. The second-order valence-corrected chi connectivity index (χ2v) is 4.12. The maximum atomic E-state index is 3.98. The van der Waals surface area contributed by atoms with Crippen LogP contribution in [0.5, 0.6) is 0 Å². The van der Waals surface area contributed by atoms with Crippen molar-refractivity contribution < 1.29 is 0 Å². The van der Waals surface area contributed by atoms with Crippen molar-refractivity contribution in [2.75, 3.05) is 26.7 Å². The molecule has 1 N–H and O–H groups in total. The lowest BCUT2D eigenvalue weighted by molar-refractivity contribution is 0.215. The summed E-state index contributed by atoms with van der Waals surface area (Å²) < 4.78 is 1.97. The van der Waals surface area contributed by atoms with E-state index in [1.165, 1.54) is 6.54 Å². The molecule has 0 amide bonds. The molecule has 0 bridgehead atoms. The number of nitrogens with one attached hydrogen (secondary N) is 1. The van der Waals surface area contributed by atoms with Crippen molar-refractivity contribution in [1.29, 1.82) is 0 Å². The van der Waals surface area contributed by atoms with E-state index in [0.717, 1.165) is 25.0 Å². The van der Waals surface area contributed by atoms with Crippen molar-refractivity contribution in [2.45, 2.75) is 19.9 Å². The highest BCUT2D eigenvalue weighted by molar-refractivity contribution is 4.85. The third kappa shape index (κ3) is 4.01. The van der Waals surface area contributed by atoms with Crippen LogP contribution < -0.4 is 5.32 Å². The first-order chi connectivity index (χ1) is 7.11. The Morgan fingerprint density at radius 3 is 2.47 bits per heavy atom. The lowest BCUT2D eigenvalue weighted by Crippen LogP contribution is -2.47. The molecule has 4 heteroatoms. The number of aromatic nitrogens is 2. The van der Waals surface area contributed by atoms with E-state index in [0.29, 0.717) is 0 Å². The molecule has 0 saturated carbocycles. The molecule has 86 valence electrons. The minimum atomic E-state index is 0.726. The van der Waals surface area contributed by atoms with Gasteiger partial charge >= 0.3 is 0 Å². The predicted octanol–water partition coefficient (Wildman–Crippen LogP) is 0.638. The summed E-state index contributed by atoms with van der Waals surface area (Å²) in [4.78, 5) is 6.35. The van der Waals surface area contributed by atoms with Gasteiger partial charge in [-0.05, 0) is 20.9 Å². The lowest BCUT2D eigenvalue weighted by Gasteiger charge is -2.29. The molecule has 2 rings (SSSR count). The molecule has 0 aromatic carbocycles. The topological polar surface area (TPSA) is 33.1 Å². The van der Waals surface area contributed by atoms with Gasteiger partial charge in [0.05, 0.1) is 0 Å². The van der Waals surface area contributed by atoms with Crippen molar-refractivity contribution in [1.82, 2.24) is 19.8 Å². The van der Waals surface area contributed by atoms with Gasteiger partial charge in [0.25, 0.3) is 0 Å². The van der Waals surface area contributed by atoms with Gasteiger partial charge in [-0.2, -0.15) is 0 Å². The van der Waals surface area contributed by atoms with Gasteiger partial charge in [0.2, 0.25) is 0 Å². The van der Waals surface area contributed by atoms with Crippen molar-refractivity contribution in [3.8, 4) is 0 Å². The fourth-order valence-electron chi connectivity index (χ4n) is 1.38. The van der Waals surface area contributed by atoms with E-state index in [-0.39, 0.29) is 0 Å². The van der Waals surface area contributed by atoms with Gasteiger partial charge in [0, 0.05) is 45.1 Å². The number of piperazine rings is 1. The van der Waals surface area contributed by atoms with Crippen LogP contribution in [-0.2, 0) is 7.05 Å². The Bertz CT molecular complexity index is 255. The van der Waals surface area contributed by atoms with Crippen molar-refractivity contribution in [3.63, 3.8) is 0 Å². The lowest BCUT2D eigenvalue weighted by atomic mass is 10.2. The van der Waals surface area contributed by atoms with E-state index in [1.54, 1.807) is 6.20 Å². The molecule has 0 radical (unpaired) electrons. The number of nitrogens with zero attached hydrogens (tertiary/aromatic N) is 3. The maximum absolute atomic E-state index is 3.98. The summed E-state index contributed by atoms with van der Waals surface area (Å²) in [6.45, 7) is 7.71. The van der Waals surface area contributed by atoms with Gasteiger partial charge in [-0.25, -0.2) is 4.98 Å². The number of rotatable bonds is 0. The summed E-state index contributed by atoms with van der Waals surface area (Å²) in [7, 11) is 4.15. The molecule has 0 aliphatic carbocycles. The van der Waals surface area contributed by atoms with Crippen molar-refractivity contribution in [2.24, 2.45) is 7.05 Å². The Balaban J connectivity index is 0.000000151. The molecule has 1 saturated heterocycles. The SMILES string of the molecule is CC1CNCCN1C.Cc1nccn1C. The molecule has 1 aromatic rings. The molecule has 15 heavy (non-hydrogen) atoms. The second-order valence-electron chi connectivity index (χ2n) is 4.12. The van der Waals surface area contributed by atoms with Crippen LogP contribution in [-0.4, -0.2) is 47.2 Å². The number of likely N-dealkylation sites (N-methyl/N-ethyl adjacent to an activating group) is 1. The number of imidazole rings is 1. The molecule has 4 nitrogen and oxygen atoms in total. The minimum Gasteiger partial charge on any atom is -0.338 e. The average Bonchev–Trinajstić information content (AvgIpc) is 2.57. The van der Waals surface area contributed by atoms with Gasteiger partial charge in [0.15, 0.2) is 0 Å². The van der Waals surface area contributed by atoms with E-state index in [1.807, 2.05) is 24.7 Å². The molecular weight excluding hydrogens is 188 g/mol. The van der Waals surface area contributed by atoms with E-state index in [4.69, 9.17) is 0 Å². The Morgan fingerprint density at radius 1 is 1.47 bits per heavy atom. The van der Waals surface area contributed by atoms with Crippen LogP contribution in [0, 0.1) is 6.92 Å². The third-order valence-corrected chi connectivity index (χ3v) is 2.90. The monoisotopic (exact) mass is 210 g/mol. The molecule has 1 atom stereocenters. The Labute approximate surface area is 92.3 Å². The normalized spacial score (nSPS) is 22.0. The number of hydrogen-bond donors (Lipinski definition) is 1. The highest BCUT2D eigenvalue weighted by atomic mass is 15.2. The summed E-state index contributed by atoms with van der Waals surface area (Å²) in [5.74, 6) is 1.06. The Morgan fingerprint density at radius 2 is 2.20 bits per heavy atom. The van der Waals surface area contributed by atoms with Gasteiger partial charge in [-0.3, -0.25) is 0 Å². The summed E-state index contributed by atoms with van der Waals surface area (Å²) in [5.41, 5.74) is 0. The zero-order valence-electron chi connectivity index (χ0n) is 10.2. The van der Waals surface area contributed by atoms with Crippen molar-refractivity contribution >= 4 is 0 Å². The summed E-state index contributed by atoms with van der Waals surface area (Å²) in [5, 5.41) is 3.32. The maximum Gasteiger partial charge on any atom is 0.105 e. The van der Waals surface area contributed by atoms with E-state index in [2.05, 4.69) is 29.2 Å². The minimum absolute atomic E-state index is 0.726. The number of hydrogen-bond acceptors (Lipinski definition) is 3. The van der Waals surface area contributed by atoms with Crippen LogP contribution in [0.1, 0.15) is 12.7 Å². The fourth-order valence-corrected chi connectivity index (χ4v) is 1.38. The van der Waals surface area contributed by atoms with Crippen molar-refractivity contribution in [3.05, 3.63) is 18.2 Å². The molecule has 1 aliphatic rings. The summed E-state index contributed by atoms with van der Waals surface area (Å²) >= 11 is 0. The van der Waals surface area contributed by atoms with E-state index < -0.39 is 0 Å². The highest BCUT2D eigenvalue weighted by Crippen LogP contribution is 1.95. The molecular formula is C11H22N4. The standard InChI is InChI=1S/C6H14N2.C5H8N2/c1-6-5-7-3-4-8(6)2;1-5-6-3-4-7(5)2/h6-7H,3-5H2,1-2H3;3-4H,1-2H3. The molecule has 1 aliphatic heterocycles. The fraction of sp³-hybridized carbons (Fsp3) is 0.727. The average molecular weight is 210 g/mol. The van der Waals surface area contributed by atoms with Crippen LogP contribution in [0.25, 0.3) is 0 Å². The first-order valence-electron chi connectivity index (χ1n) is 5.46. The summed E-state index contributed by atoms with van der Waals surface area (Å²) in [6, 6.07) is 0.726. The van der Waals surface area contributed by atoms with Gasteiger partial charge < -0.3 is 14.8 Å². The highest BCUT2D eigenvalue weighted by Gasteiger charge is 2.11. The van der Waals surface area contributed by atoms with Gasteiger partial charge in [-0.15, -0.1) is 0 Å². The zero-order valence-corrected chi connectivity index (χ0v) is 10.2. The van der Waals surface area contributed by atoms with Crippen LogP contribution in [0.15, 0.2) is 12.4 Å². The number of aryl methyl sites for hydroxylation is 2. The Hall–Kier alpha value is -0.870. The molecule has 1 fully saturated rings. The van der Waals surface area contributed by atoms with Gasteiger partial charge in [0.1, 0.15) is 5.82 Å². The van der Waals surface area contributed by atoms with Crippen LogP contribution >= 0.6 is 0 Å². The molecule has 1 aromatic heterocycles. The zero-order chi connectivity index (χ0) is 11.3. The predicted molar refractivity (Wildman–Crippen MR) is 62.9 cm³/mol. The van der Waals surface area contributed by atoms with E-state index in [9.17, 15) is 0 Å².